The van der Waals surface area contributed by atoms with Crippen molar-refractivity contribution in [3.8, 4) is 11.1 Å². The molecule has 0 spiro atoms. The lowest BCUT2D eigenvalue weighted by Gasteiger charge is -2.04. The summed E-state index contributed by atoms with van der Waals surface area (Å²) in [5, 5.41) is 0. The number of rotatable bonds is 11. The maximum Gasteiger partial charge on any atom is 0.762 e. The van der Waals surface area contributed by atoms with Crippen molar-refractivity contribution in [1.29, 1.82) is 0 Å². The fourth-order valence-electron chi connectivity index (χ4n) is 5.52. The van der Waals surface area contributed by atoms with Gasteiger partial charge in [-0.05, 0) is 47.1 Å². The first kappa shape index (κ1) is 44.8. The van der Waals surface area contributed by atoms with Crippen LogP contribution in [0.2, 0.25) is 0 Å². The topological polar surface area (TPSA) is 15.5 Å². The molecule has 6 aromatic rings. The Morgan fingerprint density at radius 3 is 0.944 bits per heavy atom. The van der Waals surface area contributed by atoms with E-state index in [1.54, 1.807) is 0 Å². The fourth-order valence-corrected chi connectivity index (χ4v) is 5.52. The van der Waals surface area contributed by atoms with Crippen LogP contribution in [0.1, 0.15) is 40.3 Å². The minimum Gasteiger partial charge on any atom is -1.00 e. The Balaban J connectivity index is 0.000000920. The standard InChI is InChI=1S/C40H42N4.2BF3.2FH/c1-3-33-4-8-36(9-5-33)31-43-26-18-39(19-27-43)40-20-28-44(29-21-40)32-38-12-10-37(11-13-38)30-42-24-16-35(17-25-42)7-6-34-14-22-41(2)23-15-34;2*2-1(3)4;;/h4-5,8-29H,3,6-7,30-32H2,1-2H3;;;2*1H/q+4;;;;/p-2. The molecule has 0 bridgehead atoms. The minimum absolute atomic E-state index is 0. The summed E-state index contributed by atoms with van der Waals surface area (Å²) < 4.78 is 66.8. The van der Waals surface area contributed by atoms with Gasteiger partial charge in [0.1, 0.15) is 7.05 Å². The van der Waals surface area contributed by atoms with Gasteiger partial charge in [-0.25, -0.2) is 18.3 Å². The molecule has 0 atom stereocenters. The van der Waals surface area contributed by atoms with Crippen LogP contribution in [0.5, 0.6) is 0 Å². The van der Waals surface area contributed by atoms with Crippen LogP contribution in [0.3, 0.4) is 0 Å². The van der Waals surface area contributed by atoms with Gasteiger partial charge in [-0.2, -0.15) is 0 Å². The molecule has 6 rings (SSSR count). The third kappa shape index (κ3) is 16.1. The van der Waals surface area contributed by atoms with Gasteiger partial charge in [-0.3, -0.25) is 25.9 Å². The summed E-state index contributed by atoms with van der Waals surface area (Å²) in [6.45, 7) is 4.81. The lowest BCUT2D eigenvalue weighted by atomic mass is 10.1. The number of hydrogen-bond donors (Lipinski definition) is 0. The molecule has 4 heterocycles. The molecule has 0 saturated carbocycles. The van der Waals surface area contributed by atoms with Crippen LogP contribution in [0, 0.1) is 0 Å². The zero-order chi connectivity index (χ0) is 37.3. The van der Waals surface area contributed by atoms with E-state index >= 15 is 0 Å². The number of aryl methyl sites for hydroxylation is 4. The molecule has 282 valence electrons. The van der Waals surface area contributed by atoms with Gasteiger partial charge in [-0.1, -0.05) is 55.5 Å². The van der Waals surface area contributed by atoms with Crippen LogP contribution in [-0.4, -0.2) is 15.1 Å². The van der Waals surface area contributed by atoms with E-state index in [4.69, 9.17) is 0 Å². The van der Waals surface area contributed by atoms with Gasteiger partial charge in [0.15, 0.2) is 69.2 Å². The zero-order valence-corrected chi connectivity index (χ0v) is 30.1. The number of aromatic nitrogens is 4. The first-order valence-corrected chi connectivity index (χ1v) is 17.0. The molecule has 2 aromatic carbocycles. The highest BCUT2D eigenvalue weighted by atomic mass is 19.4. The molecule has 0 N–H and O–H groups in total. The molecule has 4 aromatic heterocycles. The monoisotopic (exact) mass is 752 g/mol. The normalized spacial score (nSPS) is 10.0. The van der Waals surface area contributed by atoms with E-state index < -0.39 is 15.1 Å². The summed E-state index contributed by atoms with van der Waals surface area (Å²) in [5.41, 5.74) is 10.5. The van der Waals surface area contributed by atoms with E-state index in [2.05, 4.69) is 179 Å². The summed E-state index contributed by atoms with van der Waals surface area (Å²) >= 11 is 0. The van der Waals surface area contributed by atoms with Crippen molar-refractivity contribution >= 4 is 15.1 Å². The average molecular weight is 752 g/mol. The Hall–Kier alpha value is -5.39. The highest BCUT2D eigenvalue weighted by Gasteiger charge is 2.10. The van der Waals surface area contributed by atoms with Gasteiger partial charge in [0.25, 0.3) is 0 Å². The maximum atomic E-state index is 9.67. The van der Waals surface area contributed by atoms with Gasteiger partial charge < -0.3 is 9.41 Å². The molecule has 0 aliphatic rings. The van der Waals surface area contributed by atoms with Crippen molar-refractivity contribution in [2.24, 2.45) is 7.05 Å². The molecule has 14 heteroatoms. The lowest BCUT2D eigenvalue weighted by molar-refractivity contribution is -0.689. The van der Waals surface area contributed by atoms with Gasteiger partial charge >= 0.3 is 15.1 Å². The summed E-state index contributed by atoms with van der Waals surface area (Å²) in [6, 6.07) is 35.6. The number of hydrogen-bond acceptors (Lipinski definition) is 0. The molecular formula is C40H42B2F8N4+2. The first-order valence-electron chi connectivity index (χ1n) is 17.0. The van der Waals surface area contributed by atoms with Crippen molar-refractivity contribution < 1.29 is 53.6 Å². The Kier molecular flexibility index (Phi) is 19.3. The largest absolute Gasteiger partial charge is 1.00 e. The van der Waals surface area contributed by atoms with Crippen molar-refractivity contribution in [3.63, 3.8) is 0 Å². The quantitative estimate of drug-likeness (QED) is 0.108. The minimum atomic E-state index is -3.67. The van der Waals surface area contributed by atoms with E-state index in [9.17, 15) is 25.9 Å². The van der Waals surface area contributed by atoms with Crippen LogP contribution in [-0.2, 0) is 45.9 Å². The predicted octanol–water partition coefficient (Wildman–Crippen LogP) is 1.30. The summed E-state index contributed by atoms with van der Waals surface area (Å²) in [5.74, 6) is 0. The molecule has 0 aliphatic carbocycles. The maximum absolute atomic E-state index is 9.67. The van der Waals surface area contributed by atoms with Crippen molar-refractivity contribution in [3.05, 3.63) is 180 Å². The average Bonchev–Trinajstić information content (AvgIpc) is 3.13. The van der Waals surface area contributed by atoms with E-state index in [1.807, 2.05) is 0 Å². The Labute approximate surface area is 312 Å². The Morgan fingerprint density at radius 1 is 0.389 bits per heavy atom. The molecule has 0 saturated heterocycles. The summed E-state index contributed by atoms with van der Waals surface area (Å²) in [7, 11) is -5.28. The van der Waals surface area contributed by atoms with Crippen molar-refractivity contribution in [1.82, 2.24) is 0 Å². The van der Waals surface area contributed by atoms with Crippen LogP contribution in [0.15, 0.2) is 147 Å². The molecule has 0 unspecified atom stereocenters. The zero-order valence-electron chi connectivity index (χ0n) is 30.1. The van der Waals surface area contributed by atoms with E-state index in [-0.39, 0.29) is 9.41 Å². The molecule has 0 radical (unpaired) electrons. The van der Waals surface area contributed by atoms with Crippen LogP contribution < -0.4 is 27.7 Å². The second kappa shape index (κ2) is 23.3. The molecule has 4 nitrogen and oxygen atoms in total. The number of pyridine rings is 4. The fraction of sp³-hybridized carbons (Fsp3) is 0.200. The second-order valence-electron chi connectivity index (χ2n) is 12.3. The predicted molar refractivity (Wildman–Crippen MR) is 192 cm³/mol. The molecule has 0 aliphatic heterocycles. The summed E-state index contributed by atoms with van der Waals surface area (Å²) in [4.78, 5) is 0. The van der Waals surface area contributed by atoms with Gasteiger partial charge in [0.05, 0.1) is 0 Å². The SMILES string of the molecule is CCc1ccc(C[n+]2ccc(-c3cc[n+](Cc4ccc(C[n+]5ccc(CCc6cc[n+](C)cc6)cc5)cc4)cc3)cc2)cc1.FB(F)F.FB(F)F.[F-].[F-]. The van der Waals surface area contributed by atoms with E-state index in [0.717, 1.165) is 38.9 Å². The number of nitrogens with zero attached hydrogens (tertiary/aromatic N) is 4. The van der Waals surface area contributed by atoms with Gasteiger partial charge in [-0.15, -0.1) is 0 Å². The number of halogens is 8. The highest BCUT2D eigenvalue weighted by Crippen LogP contribution is 2.16. The third-order valence-electron chi connectivity index (χ3n) is 8.38. The van der Waals surface area contributed by atoms with Gasteiger partial charge in [0.2, 0.25) is 0 Å². The summed E-state index contributed by atoms with van der Waals surface area (Å²) in [6.07, 6.45) is 20.5. The van der Waals surface area contributed by atoms with Crippen LogP contribution in [0.4, 0.5) is 25.9 Å². The van der Waals surface area contributed by atoms with E-state index in [1.165, 1.54) is 44.5 Å². The third-order valence-corrected chi connectivity index (χ3v) is 8.38. The first-order chi connectivity index (χ1) is 25.1. The highest BCUT2D eigenvalue weighted by molar-refractivity contribution is 6.33. The van der Waals surface area contributed by atoms with Crippen molar-refractivity contribution in [2.75, 3.05) is 0 Å². The molecule has 0 fully saturated rings. The van der Waals surface area contributed by atoms with E-state index in [0.29, 0.717) is 0 Å². The second-order valence-corrected chi connectivity index (χ2v) is 12.3. The molecular weight excluding hydrogens is 710 g/mol. The van der Waals surface area contributed by atoms with Crippen LogP contribution >= 0.6 is 0 Å². The Bertz CT molecular complexity index is 1890. The van der Waals surface area contributed by atoms with Crippen molar-refractivity contribution in [2.45, 2.75) is 45.8 Å². The van der Waals surface area contributed by atoms with Gasteiger partial charge in [0, 0.05) is 65.2 Å². The molecule has 0 amide bonds. The number of benzene rings is 2. The lowest BCUT2D eigenvalue weighted by Crippen LogP contribution is -3.00. The molecule has 54 heavy (non-hydrogen) atoms. The smallest absolute Gasteiger partial charge is 0.762 e. The van der Waals surface area contributed by atoms with Crippen LogP contribution in [0.25, 0.3) is 11.1 Å². The Morgan fingerprint density at radius 2 is 0.648 bits per heavy atom.